The van der Waals surface area contributed by atoms with E-state index in [1.165, 1.54) is 17.3 Å². The summed E-state index contributed by atoms with van der Waals surface area (Å²) in [7, 11) is 0. The fraction of sp³-hybridized carbons (Fsp3) is 0.200. The molecule has 1 amide bonds. The number of carbonyl (C=O) groups is 1. The number of fused-ring (bicyclic) bond motifs is 1. The number of amides is 1. The molecule has 4 rings (SSSR count). The van der Waals surface area contributed by atoms with Gasteiger partial charge in [0.05, 0.1) is 18.4 Å². The Balaban J connectivity index is 1.50. The second-order valence-electron chi connectivity index (χ2n) is 6.29. The minimum atomic E-state index is -0.502. The van der Waals surface area contributed by atoms with Gasteiger partial charge in [-0.1, -0.05) is 12.1 Å². The Labute approximate surface area is 151 Å². The van der Waals surface area contributed by atoms with Gasteiger partial charge in [-0.2, -0.15) is 0 Å². The number of primary amides is 1. The van der Waals surface area contributed by atoms with Crippen LogP contribution in [-0.4, -0.2) is 22.3 Å². The highest BCUT2D eigenvalue weighted by Gasteiger charge is 2.20. The monoisotopic (exact) mass is 349 g/mol. The number of hydrogen-bond acceptors (Lipinski definition) is 5. The predicted octanol–water partition coefficient (Wildman–Crippen LogP) is 3.12. The Morgan fingerprint density at radius 3 is 2.88 bits per heavy atom. The zero-order chi connectivity index (χ0) is 17.9. The normalized spacial score (nSPS) is 14.0. The first-order valence-electron chi connectivity index (χ1n) is 8.48. The molecule has 0 radical (unpaired) electrons. The van der Waals surface area contributed by atoms with Crippen molar-refractivity contribution in [2.45, 2.75) is 19.5 Å². The first-order valence-corrected chi connectivity index (χ1v) is 8.48. The number of furan rings is 1. The zero-order valence-electron chi connectivity index (χ0n) is 14.2. The van der Waals surface area contributed by atoms with Crippen molar-refractivity contribution in [3.63, 3.8) is 0 Å². The number of benzene rings is 1. The maximum atomic E-state index is 11.1. The number of aromatic nitrogens is 1. The van der Waals surface area contributed by atoms with Crippen molar-refractivity contribution in [1.29, 1.82) is 0 Å². The van der Waals surface area contributed by atoms with E-state index in [9.17, 15) is 4.79 Å². The van der Waals surface area contributed by atoms with Crippen LogP contribution in [0, 0.1) is 0 Å². The smallest absolute Gasteiger partial charge is 0.250 e. The van der Waals surface area contributed by atoms with E-state index in [2.05, 4.69) is 16.0 Å². The van der Waals surface area contributed by atoms with Gasteiger partial charge in [0.25, 0.3) is 0 Å². The van der Waals surface area contributed by atoms with Crippen LogP contribution in [0.3, 0.4) is 0 Å². The number of nitrogens with zero attached hydrogens (tertiary/aromatic N) is 2. The molecule has 0 saturated carbocycles. The highest BCUT2D eigenvalue weighted by molar-refractivity contribution is 5.92. The molecule has 0 spiro atoms. The van der Waals surface area contributed by atoms with Crippen molar-refractivity contribution in [1.82, 2.24) is 9.88 Å². The molecule has 2 aromatic heterocycles. The third-order valence-corrected chi connectivity index (χ3v) is 4.50. The van der Waals surface area contributed by atoms with Gasteiger partial charge >= 0.3 is 0 Å². The highest BCUT2D eigenvalue weighted by Crippen LogP contribution is 2.31. The molecule has 0 atom stereocenters. The SMILES string of the molecule is NC(=O)c1ccc(Oc2cccc3c2CCN(Cc2ccco2)C3)nc1. The van der Waals surface area contributed by atoms with Crippen molar-refractivity contribution in [2.75, 3.05) is 6.54 Å². The molecule has 3 heterocycles. The third-order valence-electron chi connectivity index (χ3n) is 4.50. The number of hydrogen-bond donors (Lipinski definition) is 1. The average Bonchev–Trinajstić information content (AvgIpc) is 3.15. The molecule has 1 aliphatic rings. The molecule has 3 aromatic rings. The molecule has 0 aliphatic carbocycles. The molecule has 132 valence electrons. The summed E-state index contributed by atoms with van der Waals surface area (Å²) in [5.74, 6) is 1.72. The second-order valence-corrected chi connectivity index (χ2v) is 6.29. The maximum absolute atomic E-state index is 11.1. The Morgan fingerprint density at radius 1 is 1.23 bits per heavy atom. The van der Waals surface area contributed by atoms with Crippen LogP contribution in [0.25, 0.3) is 0 Å². The van der Waals surface area contributed by atoms with E-state index in [-0.39, 0.29) is 0 Å². The van der Waals surface area contributed by atoms with Crippen molar-refractivity contribution in [2.24, 2.45) is 5.73 Å². The molecule has 2 N–H and O–H groups in total. The van der Waals surface area contributed by atoms with E-state index in [4.69, 9.17) is 14.9 Å². The van der Waals surface area contributed by atoms with E-state index in [0.29, 0.717) is 11.4 Å². The van der Waals surface area contributed by atoms with E-state index in [1.54, 1.807) is 18.4 Å². The molecule has 0 unspecified atom stereocenters. The Hall–Kier alpha value is -3.12. The molecule has 0 bridgehead atoms. The highest BCUT2D eigenvalue weighted by atomic mass is 16.5. The molecule has 6 nitrogen and oxygen atoms in total. The zero-order valence-corrected chi connectivity index (χ0v) is 14.2. The number of ether oxygens (including phenoxy) is 1. The van der Waals surface area contributed by atoms with E-state index < -0.39 is 5.91 Å². The standard InChI is InChI=1S/C20H19N3O3/c21-20(24)14-6-7-19(22-11-14)26-18-5-1-3-15-12-23(9-8-17(15)18)13-16-4-2-10-25-16/h1-7,10-11H,8-9,12-13H2,(H2,21,24). The van der Waals surface area contributed by atoms with E-state index in [1.807, 2.05) is 24.3 Å². The lowest BCUT2D eigenvalue weighted by Crippen LogP contribution is -2.30. The van der Waals surface area contributed by atoms with Gasteiger partial charge in [0.1, 0.15) is 11.5 Å². The fourth-order valence-corrected chi connectivity index (χ4v) is 3.19. The molecular formula is C20H19N3O3. The Kier molecular flexibility index (Phi) is 4.41. The number of pyridine rings is 1. The summed E-state index contributed by atoms with van der Waals surface area (Å²) in [6, 6.07) is 13.2. The quantitative estimate of drug-likeness (QED) is 0.765. The van der Waals surface area contributed by atoms with Crippen LogP contribution in [-0.2, 0) is 19.5 Å². The van der Waals surface area contributed by atoms with Gasteiger partial charge in [0, 0.05) is 30.9 Å². The Bertz CT molecular complexity index is 905. The molecule has 26 heavy (non-hydrogen) atoms. The van der Waals surface area contributed by atoms with Gasteiger partial charge in [0.15, 0.2) is 0 Å². The first kappa shape index (κ1) is 16.4. The van der Waals surface area contributed by atoms with Gasteiger partial charge in [0.2, 0.25) is 11.8 Å². The number of nitrogens with two attached hydrogens (primary N) is 1. The van der Waals surface area contributed by atoms with Crippen LogP contribution < -0.4 is 10.5 Å². The summed E-state index contributed by atoms with van der Waals surface area (Å²) in [5, 5.41) is 0. The minimum Gasteiger partial charge on any atom is -0.468 e. The number of rotatable bonds is 5. The van der Waals surface area contributed by atoms with Gasteiger partial charge in [-0.05, 0) is 36.2 Å². The summed E-state index contributed by atoms with van der Waals surface area (Å²) in [6.45, 7) is 2.58. The predicted molar refractivity (Wildman–Crippen MR) is 95.8 cm³/mol. The largest absolute Gasteiger partial charge is 0.468 e. The fourth-order valence-electron chi connectivity index (χ4n) is 3.19. The topological polar surface area (TPSA) is 81.6 Å². The van der Waals surface area contributed by atoms with Crippen LogP contribution in [0.2, 0.25) is 0 Å². The molecule has 0 fully saturated rings. The van der Waals surface area contributed by atoms with Gasteiger partial charge in [-0.25, -0.2) is 4.98 Å². The third kappa shape index (κ3) is 3.45. The van der Waals surface area contributed by atoms with E-state index in [0.717, 1.165) is 37.6 Å². The summed E-state index contributed by atoms with van der Waals surface area (Å²) in [5.41, 5.74) is 8.04. The average molecular weight is 349 g/mol. The lowest BCUT2D eigenvalue weighted by atomic mass is 9.98. The summed E-state index contributed by atoms with van der Waals surface area (Å²) < 4.78 is 11.4. The van der Waals surface area contributed by atoms with Crippen LogP contribution >= 0.6 is 0 Å². The van der Waals surface area contributed by atoms with Crippen LogP contribution in [0.4, 0.5) is 0 Å². The summed E-state index contributed by atoms with van der Waals surface area (Å²) in [4.78, 5) is 17.7. The van der Waals surface area contributed by atoms with Crippen molar-refractivity contribution >= 4 is 5.91 Å². The van der Waals surface area contributed by atoms with Crippen molar-refractivity contribution in [3.8, 4) is 11.6 Å². The molecule has 1 aliphatic heterocycles. The second kappa shape index (κ2) is 7.01. The van der Waals surface area contributed by atoms with Crippen LogP contribution in [0.1, 0.15) is 27.2 Å². The lowest BCUT2D eigenvalue weighted by molar-refractivity contribution is 0.1000. The van der Waals surface area contributed by atoms with Gasteiger partial charge in [-0.15, -0.1) is 0 Å². The lowest BCUT2D eigenvalue weighted by Gasteiger charge is -2.29. The van der Waals surface area contributed by atoms with Crippen LogP contribution in [0.5, 0.6) is 11.6 Å². The molecule has 6 heteroatoms. The minimum absolute atomic E-state index is 0.362. The van der Waals surface area contributed by atoms with E-state index >= 15 is 0 Å². The Morgan fingerprint density at radius 2 is 2.15 bits per heavy atom. The first-order chi connectivity index (χ1) is 12.7. The number of carbonyl (C=O) groups excluding carboxylic acids is 1. The molecular weight excluding hydrogens is 330 g/mol. The molecule has 1 aromatic carbocycles. The summed E-state index contributed by atoms with van der Waals surface area (Å²) in [6.07, 6.45) is 4.03. The maximum Gasteiger partial charge on any atom is 0.250 e. The van der Waals surface area contributed by atoms with Crippen molar-refractivity contribution in [3.05, 3.63) is 77.4 Å². The van der Waals surface area contributed by atoms with Crippen molar-refractivity contribution < 1.29 is 13.9 Å². The van der Waals surface area contributed by atoms with Crippen LogP contribution in [0.15, 0.2) is 59.3 Å². The molecule has 0 saturated heterocycles. The van der Waals surface area contributed by atoms with Gasteiger partial charge < -0.3 is 14.9 Å². The van der Waals surface area contributed by atoms with Gasteiger partial charge in [-0.3, -0.25) is 9.69 Å². The summed E-state index contributed by atoms with van der Waals surface area (Å²) >= 11 is 0.